The van der Waals surface area contributed by atoms with E-state index in [-0.39, 0.29) is 23.9 Å². The van der Waals surface area contributed by atoms with Crippen molar-refractivity contribution in [2.75, 3.05) is 27.4 Å². The molecule has 2 unspecified atom stereocenters. The van der Waals surface area contributed by atoms with E-state index in [1.165, 1.54) is 77.7 Å². The zero-order valence-electron chi connectivity index (χ0n) is 23.4. The van der Waals surface area contributed by atoms with Crippen LogP contribution in [-0.4, -0.2) is 64.2 Å². The van der Waals surface area contributed by atoms with Crippen LogP contribution in [0.25, 0.3) is 0 Å². The zero-order chi connectivity index (χ0) is 26.7. The lowest BCUT2D eigenvalue weighted by Crippen LogP contribution is -2.33. The first-order chi connectivity index (χ1) is 17.3. The minimum atomic E-state index is -3.31. The molecule has 5 atom stereocenters. The molecule has 1 rings (SSSR count). The second-order valence-corrected chi connectivity index (χ2v) is 13.1. The Morgan fingerprint density at radius 3 is 2.06 bits per heavy atom. The average molecular weight is 550 g/mol. The van der Waals surface area contributed by atoms with Crippen LogP contribution < -0.4 is 5.32 Å². The monoisotopic (exact) mass is 549 g/mol. The molecule has 0 aromatic carbocycles. The van der Waals surface area contributed by atoms with Crippen LogP contribution in [0.5, 0.6) is 0 Å². The highest BCUT2D eigenvalue weighted by Gasteiger charge is 2.44. The highest BCUT2D eigenvalue weighted by atomic mass is 32.5. The molecule has 0 radical (unpaired) electrons. The number of nitrogens with one attached hydrogen (secondary N) is 1. The van der Waals surface area contributed by atoms with E-state index in [9.17, 15) is 9.69 Å². The van der Waals surface area contributed by atoms with Crippen molar-refractivity contribution in [3.05, 3.63) is 0 Å². The van der Waals surface area contributed by atoms with E-state index in [1.807, 2.05) is 7.85 Å². The number of carbonyl (C=O) groups is 1. The Morgan fingerprint density at radius 1 is 0.972 bits per heavy atom. The van der Waals surface area contributed by atoms with Crippen LogP contribution in [0.1, 0.15) is 110 Å². The summed E-state index contributed by atoms with van der Waals surface area (Å²) in [5, 5.41) is 3.04. The maximum atomic E-state index is 12.2. The molecule has 10 heteroatoms. The average Bonchev–Trinajstić information content (AvgIpc) is 3.13. The lowest BCUT2D eigenvalue weighted by Gasteiger charge is -2.26. The van der Waals surface area contributed by atoms with Crippen LogP contribution in [0.15, 0.2) is 0 Å². The fourth-order valence-corrected chi connectivity index (χ4v) is 5.98. The normalized spacial score (nSPS) is 23.6. The summed E-state index contributed by atoms with van der Waals surface area (Å²) in [7, 11) is 4.96. The minimum Gasteiger partial charge on any atom is -0.382 e. The Hall–Kier alpha value is -0.0151. The van der Waals surface area contributed by atoms with Crippen molar-refractivity contribution < 1.29 is 28.2 Å². The van der Waals surface area contributed by atoms with Crippen molar-refractivity contribution in [3.63, 3.8) is 0 Å². The van der Waals surface area contributed by atoms with Gasteiger partial charge >= 0.3 is 6.72 Å². The standard InChI is InChI=1S/C26H53BNO6PS/c1-4-5-6-7-8-9-10-11-12-13-14-15-16-19-24(29)28-20-17-18-22-25(34-35(30,36)32-3)23(21-31-2)33-26(22)27/h22-23,25-26H,4-21,27H2,1-3H3,(H,28,29)(H,30,36)/t22?,23-,25-,26-,35?/m1/s1. The molecule has 1 fully saturated rings. The lowest BCUT2D eigenvalue weighted by atomic mass is 9.82. The Bertz CT molecular complexity index is 617. The Morgan fingerprint density at radius 2 is 1.53 bits per heavy atom. The summed E-state index contributed by atoms with van der Waals surface area (Å²) in [6.07, 6.45) is 18.5. The molecule has 1 aliphatic rings. The van der Waals surface area contributed by atoms with Crippen molar-refractivity contribution in [2.45, 2.75) is 128 Å². The van der Waals surface area contributed by atoms with E-state index in [0.29, 0.717) is 19.6 Å². The van der Waals surface area contributed by atoms with E-state index in [4.69, 9.17) is 30.3 Å². The first-order valence-corrected chi connectivity index (χ1v) is 16.9. The summed E-state index contributed by atoms with van der Waals surface area (Å²) >= 11 is 5.06. The lowest BCUT2D eigenvalue weighted by molar-refractivity contribution is -0.121. The smallest absolute Gasteiger partial charge is 0.324 e. The second-order valence-electron chi connectivity index (χ2n) is 10.2. The van der Waals surface area contributed by atoms with Gasteiger partial charge < -0.3 is 28.7 Å². The van der Waals surface area contributed by atoms with Gasteiger partial charge in [-0.15, -0.1) is 0 Å². The number of hydrogen-bond donors (Lipinski definition) is 2. The van der Waals surface area contributed by atoms with Gasteiger partial charge in [-0.2, -0.15) is 0 Å². The van der Waals surface area contributed by atoms with Crippen molar-refractivity contribution in [1.29, 1.82) is 0 Å². The summed E-state index contributed by atoms with van der Waals surface area (Å²) in [6, 6.07) is -0.0523. The van der Waals surface area contributed by atoms with E-state index < -0.39 is 12.8 Å². The molecule has 2 N–H and O–H groups in total. The van der Waals surface area contributed by atoms with Gasteiger partial charge in [0, 0.05) is 39.1 Å². The Labute approximate surface area is 226 Å². The number of ether oxygens (including phenoxy) is 2. The highest BCUT2D eigenvalue weighted by molar-refractivity contribution is 8.07. The maximum absolute atomic E-state index is 12.2. The molecule has 0 bridgehead atoms. The third-order valence-corrected chi connectivity index (χ3v) is 8.82. The van der Waals surface area contributed by atoms with E-state index >= 15 is 0 Å². The molecule has 212 valence electrons. The van der Waals surface area contributed by atoms with Crippen molar-refractivity contribution in [3.8, 4) is 0 Å². The van der Waals surface area contributed by atoms with Gasteiger partial charge in [-0.25, -0.2) is 0 Å². The SMILES string of the molecule is B[C@@H]1O[C@H](COC)[C@H](OP(O)(=S)OC)C1CCCNC(=O)CCCCCCCCCCCCCCC. The fraction of sp³-hybridized carbons (Fsp3) is 0.962. The van der Waals surface area contributed by atoms with Gasteiger partial charge in [-0.3, -0.25) is 4.79 Å². The van der Waals surface area contributed by atoms with E-state index in [0.717, 1.165) is 25.7 Å². The van der Waals surface area contributed by atoms with E-state index in [2.05, 4.69) is 12.2 Å². The Kier molecular flexibility index (Phi) is 19.7. The first-order valence-electron chi connectivity index (χ1n) is 14.3. The van der Waals surface area contributed by atoms with Crippen LogP contribution >= 0.6 is 6.72 Å². The molecular weight excluding hydrogens is 496 g/mol. The minimum absolute atomic E-state index is 0.0488. The predicted molar refractivity (Wildman–Crippen MR) is 154 cm³/mol. The molecular formula is C26H53BNO6PS. The third kappa shape index (κ3) is 15.4. The van der Waals surface area contributed by atoms with Gasteiger partial charge in [0.1, 0.15) is 20.1 Å². The molecule has 1 saturated heterocycles. The van der Waals surface area contributed by atoms with Gasteiger partial charge in [0.05, 0.1) is 6.61 Å². The summed E-state index contributed by atoms with van der Waals surface area (Å²) < 4.78 is 22.0. The molecule has 36 heavy (non-hydrogen) atoms. The summed E-state index contributed by atoms with van der Waals surface area (Å²) in [6.45, 7) is -0.0560. The summed E-state index contributed by atoms with van der Waals surface area (Å²) in [4.78, 5) is 22.4. The third-order valence-electron chi connectivity index (χ3n) is 7.14. The molecule has 0 spiro atoms. The molecule has 1 heterocycles. The molecule has 0 aromatic heterocycles. The summed E-state index contributed by atoms with van der Waals surface area (Å²) in [5.41, 5.74) is 0. The number of carbonyl (C=O) groups excluding carboxylic acids is 1. The van der Waals surface area contributed by atoms with Gasteiger partial charge in [0.2, 0.25) is 5.91 Å². The van der Waals surface area contributed by atoms with Crippen LogP contribution in [0, 0.1) is 5.92 Å². The van der Waals surface area contributed by atoms with Gasteiger partial charge in [-0.1, -0.05) is 84.0 Å². The maximum Gasteiger partial charge on any atom is 0.324 e. The van der Waals surface area contributed by atoms with E-state index in [1.54, 1.807) is 7.11 Å². The molecule has 0 aliphatic carbocycles. The zero-order valence-corrected chi connectivity index (χ0v) is 25.1. The Balaban J connectivity index is 2.10. The topological polar surface area (TPSA) is 86.2 Å². The van der Waals surface area contributed by atoms with Gasteiger partial charge in [0.25, 0.3) is 0 Å². The molecule has 1 aliphatic heterocycles. The van der Waals surface area contributed by atoms with Crippen molar-refractivity contribution in [1.82, 2.24) is 5.32 Å². The van der Waals surface area contributed by atoms with Gasteiger partial charge in [-0.05, 0) is 31.1 Å². The second kappa shape index (κ2) is 20.9. The molecule has 1 amide bonds. The first kappa shape index (κ1) is 34.0. The van der Waals surface area contributed by atoms with Crippen molar-refractivity contribution >= 4 is 32.3 Å². The molecule has 0 saturated carbocycles. The fourth-order valence-electron chi connectivity index (χ4n) is 4.99. The predicted octanol–water partition coefficient (Wildman–Crippen LogP) is 5.23. The molecule has 7 nitrogen and oxygen atoms in total. The number of unbranched alkanes of at least 4 members (excludes halogenated alkanes) is 12. The van der Waals surface area contributed by atoms with Crippen LogP contribution in [-0.2, 0) is 35.1 Å². The largest absolute Gasteiger partial charge is 0.382 e. The van der Waals surface area contributed by atoms with Gasteiger partial charge in [0.15, 0.2) is 0 Å². The van der Waals surface area contributed by atoms with Crippen LogP contribution in [0.2, 0.25) is 0 Å². The quantitative estimate of drug-likeness (QED) is 0.103. The highest BCUT2D eigenvalue weighted by Crippen LogP contribution is 2.48. The number of methoxy groups -OCH3 is 1. The molecule has 0 aromatic rings. The number of amides is 1. The van der Waals surface area contributed by atoms with Crippen LogP contribution in [0.3, 0.4) is 0 Å². The summed E-state index contributed by atoms with van der Waals surface area (Å²) in [5.74, 6) is 0.178. The van der Waals surface area contributed by atoms with Crippen molar-refractivity contribution in [2.24, 2.45) is 5.92 Å². The number of rotatable bonds is 23. The van der Waals surface area contributed by atoms with Crippen LogP contribution in [0.4, 0.5) is 0 Å². The number of hydrogen-bond acceptors (Lipinski definition) is 6.